The molecule has 1 fully saturated rings. The zero-order valence-corrected chi connectivity index (χ0v) is 13.0. The van der Waals surface area contributed by atoms with Gasteiger partial charge in [0, 0.05) is 25.0 Å². The molecule has 2 aromatic heterocycles. The zero-order chi connectivity index (χ0) is 16.1. The number of rotatable bonds is 6. The van der Waals surface area contributed by atoms with Crippen LogP contribution < -0.4 is 0 Å². The number of hydrogen-bond donors (Lipinski definition) is 1. The first kappa shape index (κ1) is 15.7. The van der Waals surface area contributed by atoms with E-state index < -0.39 is 6.09 Å². The van der Waals surface area contributed by atoms with Gasteiger partial charge in [-0.2, -0.15) is 0 Å². The second-order valence-electron chi connectivity index (χ2n) is 5.81. The van der Waals surface area contributed by atoms with Crippen molar-refractivity contribution in [3.8, 4) is 0 Å². The van der Waals surface area contributed by atoms with Crippen LogP contribution in [0.3, 0.4) is 0 Å². The largest absolute Gasteiger partial charge is 0.465 e. The van der Waals surface area contributed by atoms with Gasteiger partial charge in [0.25, 0.3) is 0 Å². The molecule has 1 saturated heterocycles. The van der Waals surface area contributed by atoms with Crippen LogP contribution in [0.1, 0.15) is 25.0 Å². The van der Waals surface area contributed by atoms with Crippen molar-refractivity contribution in [1.82, 2.24) is 14.9 Å². The van der Waals surface area contributed by atoms with E-state index in [0.717, 1.165) is 42.4 Å². The first-order valence-electron chi connectivity index (χ1n) is 8.02. The topological polar surface area (TPSA) is 75.5 Å². The normalized spacial score (nSPS) is 17.7. The molecule has 1 aliphatic rings. The van der Waals surface area contributed by atoms with Gasteiger partial charge in [0.1, 0.15) is 0 Å². The molecular formula is C17H21N3O3. The van der Waals surface area contributed by atoms with Crippen LogP contribution in [0.25, 0.3) is 11.0 Å². The molecule has 3 rings (SSSR count). The van der Waals surface area contributed by atoms with Crippen LogP contribution >= 0.6 is 0 Å². The van der Waals surface area contributed by atoms with Crippen LogP contribution in [0.4, 0.5) is 4.79 Å². The highest BCUT2D eigenvalue weighted by molar-refractivity contribution is 5.73. The third-order valence-electron chi connectivity index (χ3n) is 4.11. The predicted octanol–water partition coefficient (Wildman–Crippen LogP) is 2.72. The summed E-state index contributed by atoms with van der Waals surface area (Å²) in [7, 11) is 0. The fourth-order valence-electron chi connectivity index (χ4n) is 2.83. The molecule has 6 nitrogen and oxygen atoms in total. The maximum Gasteiger partial charge on any atom is 0.407 e. The summed E-state index contributed by atoms with van der Waals surface area (Å²) < 4.78 is 5.76. The molecule has 1 N–H and O–H groups in total. The molecule has 6 heteroatoms. The van der Waals surface area contributed by atoms with Crippen molar-refractivity contribution < 1.29 is 14.6 Å². The summed E-state index contributed by atoms with van der Waals surface area (Å²) in [5, 5.41) is 8.90. The summed E-state index contributed by atoms with van der Waals surface area (Å²) in [5.41, 5.74) is 2.92. The smallest absolute Gasteiger partial charge is 0.407 e. The van der Waals surface area contributed by atoms with E-state index in [-0.39, 0.29) is 6.10 Å². The molecule has 0 aromatic carbocycles. The molecule has 23 heavy (non-hydrogen) atoms. The molecule has 0 bridgehead atoms. The van der Waals surface area contributed by atoms with Crippen molar-refractivity contribution in [3.05, 3.63) is 36.2 Å². The van der Waals surface area contributed by atoms with Gasteiger partial charge in [0.2, 0.25) is 0 Å². The maximum atomic E-state index is 10.8. The third-order valence-corrected chi connectivity index (χ3v) is 4.11. The number of carbonyl (C=O) groups is 1. The summed E-state index contributed by atoms with van der Waals surface area (Å²) in [6, 6.07) is 7.91. The summed E-state index contributed by atoms with van der Waals surface area (Å²) in [5.74, 6) is 0. The van der Waals surface area contributed by atoms with Crippen LogP contribution in [0.15, 0.2) is 30.5 Å². The number of hydrogen-bond acceptors (Lipinski definition) is 4. The molecule has 0 saturated carbocycles. The number of fused-ring (bicyclic) bond motifs is 1. The lowest BCUT2D eigenvalue weighted by molar-refractivity contribution is 0.0563. The van der Waals surface area contributed by atoms with Crippen LogP contribution in [0.2, 0.25) is 0 Å². The second-order valence-corrected chi connectivity index (χ2v) is 5.81. The Morgan fingerprint density at radius 3 is 3.04 bits per heavy atom. The van der Waals surface area contributed by atoms with Crippen molar-refractivity contribution in [2.24, 2.45) is 0 Å². The molecule has 0 aliphatic carbocycles. The van der Waals surface area contributed by atoms with Crippen LogP contribution in [-0.2, 0) is 11.2 Å². The Bertz CT molecular complexity index is 677. The summed E-state index contributed by atoms with van der Waals surface area (Å²) in [6.45, 7) is 1.75. The number of ether oxygens (including phenoxy) is 1. The van der Waals surface area contributed by atoms with E-state index in [9.17, 15) is 4.79 Å². The number of amides is 1. The third kappa shape index (κ3) is 4.16. The van der Waals surface area contributed by atoms with Gasteiger partial charge in [-0.25, -0.2) is 4.79 Å². The predicted molar refractivity (Wildman–Crippen MR) is 86.4 cm³/mol. The van der Waals surface area contributed by atoms with E-state index in [1.54, 1.807) is 6.20 Å². The molecule has 2 aromatic rings. The van der Waals surface area contributed by atoms with Crippen LogP contribution in [0, 0.1) is 0 Å². The minimum absolute atomic E-state index is 0.0518. The number of pyridine rings is 2. The molecule has 3 heterocycles. The van der Waals surface area contributed by atoms with Gasteiger partial charge in [0.15, 0.2) is 0 Å². The standard InChI is InChI=1S/C17H21N3O3/c21-17(22)20-10-8-14(12-20)23-11-2-1-4-13-6-7-15-16(19-13)5-3-9-18-15/h3,5-7,9,14H,1-2,4,8,10-12H2,(H,21,22)/t14-/m1/s1. The molecule has 122 valence electrons. The van der Waals surface area contributed by atoms with Crippen molar-refractivity contribution in [2.45, 2.75) is 31.8 Å². The number of unbranched alkanes of at least 4 members (excludes halogenated alkanes) is 1. The van der Waals surface area contributed by atoms with Gasteiger partial charge < -0.3 is 14.7 Å². The van der Waals surface area contributed by atoms with Gasteiger partial charge in [-0.3, -0.25) is 9.97 Å². The lowest BCUT2D eigenvalue weighted by Gasteiger charge is -2.13. The molecule has 0 unspecified atom stereocenters. The SMILES string of the molecule is O=C(O)N1CC[C@@H](OCCCCc2ccc3ncccc3n2)C1. The van der Waals surface area contributed by atoms with Gasteiger partial charge in [-0.05, 0) is 49.9 Å². The molecular weight excluding hydrogens is 294 g/mol. The Morgan fingerprint density at radius 2 is 2.22 bits per heavy atom. The molecule has 0 radical (unpaired) electrons. The van der Waals surface area contributed by atoms with Crippen molar-refractivity contribution in [2.75, 3.05) is 19.7 Å². The van der Waals surface area contributed by atoms with E-state index in [1.807, 2.05) is 24.3 Å². The highest BCUT2D eigenvalue weighted by atomic mass is 16.5. The van der Waals surface area contributed by atoms with Crippen LogP contribution in [-0.4, -0.2) is 51.9 Å². The van der Waals surface area contributed by atoms with E-state index in [4.69, 9.17) is 9.84 Å². The number of nitrogens with zero attached hydrogens (tertiary/aromatic N) is 3. The molecule has 1 amide bonds. The molecule has 1 aliphatic heterocycles. The van der Waals surface area contributed by atoms with Crippen molar-refractivity contribution in [3.63, 3.8) is 0 Å². The summed E-state index contributed by atoms with van der Waals surface area (Å²) in [6.07, 6.45) is 4.65. The highest BCUT2D eigenvalue weighted by Gasteiger charge is 2.25. The van der Waals surface area contributed by atoms with Crippen LogP contribution in [0.5, 0.6) is 0 Å². The highest BCUT2D eigenvalue weighted by Crippen LogP contribution is 2.14. The Morgan fingerprint density at radius 1 is 1.30 bits per heavy atom. The first-order chi connectivity index (χ1) is 11.2. The fourth-order valence-corrected chi connectivity index (χ4v) is 2.83. The summed E-state index contributed by atoms with van der Waals surface area (Å²) >= 11 is 0. The zero-order valence-electron chi connectivity index (χ0n) is 13.0. The maximum absolute atomic E-state index is 10.8. The van der Waals surface area contributed by atoms with Crippen molar-refractivity contribution >= 4 is 17.1 Å². The van der Waals surface area contributed by atoms with Gasteiger partial charge in [-0.1, -0.05) is 0 Å². The lowest BCUT2D eigenvalue weighted by atomic mass is 10.1. The number of aryl methyl sites for hydroxylation is 1. The van der Waals surface area contributed by atoms with Crippen molar-refractivity contribution in [1.29, 1.82) is 0 Å². The van der Waals surface area contributed by atoms with E-state index in [2.05, 4.69) is 9.97 Å². The van der Waals surface area contributed by atoms with E-state index >= 15 is 0 Å². The van der Waals surface area contributed by atoms with Gasteiger partial charge in [0.05, 0.1) is 23.7 Å². The Hall–Kier alpha value is -2.21. The first-order valence-corrected chi connectivity index (χ1v) is 8.02. The Balaban J connectivity index is 1.37. The molecule has 0 spiro atoms. The molecule has 1 atom stereocenters. The quantitative estimate of drug-likeness (QED) is 0.830. The number of aromatic nitrogens is 2. The Kier molecular flexibility index (Phi) is 5.02. The number of carboxylic acid groups (broad SMARTS) is 1. The minimum atomic E-state index is -0.854. The van der Waals surface area contributed by atoms with Gasteiger partial charge in [-0.15, -0.1) is 0 Å². The Labute approximate surface area is 135 Å². The average molecular weight is 315 g/mol. The van der Waals surface area contributed by atoms with E-state index in [1.165, 1.54) is 4.90 Å². The van der Waals surface area contributed by atoms with E-state index in [0.29, 0.717) is 19.7 Å². The monoisotopic (exact) mass is 315 g/mol. The minimum Gasteiger partial charge on any atom is -0.465 e. The fraction of sp³-hybridized carbons (Fsp3) is 0.471. The summed E-state index contributed by atoms with van der Waals surface area (Å²) in [4.78, 5) is 21.1. The number of likely N-dealkylation sites (tertiary alicyclic amines) is 1. The average Bonchev–Trinajstić information content (AvgIpc) is 3.03. The second kappa shape index (κ2) is 7.37. The lowest BCUT2D eigenvalue weighted by Crippen LogP contribution is -2.28. The van der Waals surface area contributed by atoms with Gasteiger partial charge >= 0.3 is 6.09 Å².